The van der Waals surface area contributed by atoms with E-state index in [0.29, 0.717) is 0 Å². The Morgan fingerprint density at radius 2 is 2.50 bits per heavy atom. The highest BCUT2D eigenvalue weighted by atomic mass is 79.9. The SMILES string of the molecule is CC(CBr)Cc1ccc[nH]1. The van der Waals surface area contributed by atoms with E-state index in [1.807, 2.05) is 12.3 Å². The fourth-order valence-corrected chi connectivity index (χ4v) is 1.15. The summed E-state index contributed by atoms with van der Waals surface area (Å²) in [5.74, 6) is 0.721. The Morgan fingerprint density at radius 3 is 3.00 bits per heavy atom. The van der Waals surface area contributed by atoms with Crippen molar-refractivity contribution in [3.63, 3.8) is 0 Å². The first-order valence-electron chi connectivity index (χ1n) is 3.51. The topological polar surface area (TPSA) is 15.8 Å². The van der Waals surface area contributed by atoms with Crippen LogP contribution in [0.25, 0.3) is 0 Å². The summed E-state index contributed by atoms with van der Waals surface area (Å²) in [5, 5.41) is 1.08. The maximum Gasteiger partial charge on any atom is 0.0150 e. The molecule has 1 unspecified atom stereocenters. The summed E-state index contributed by atoms with van der Waals surface area (Å²) < 4.78 is 0. The molecule has 1 aromatic rings. The predicted molar refractivity (Wildman–Crippen MR) is 47.5 cm³/mol. The summed E-state index contributed by atoms with van der Waals surface area (Å²) in [6.07, 6.45) is 3.11. The second kappa shape index (κ2) is 3.81. The Hall–Kier alpha value is -0.240. The predicted octanol–water partition coefficient (Wildman–Crippen LogP) is 2.59. The zero-order valence-electron chi connectivity index (χ0n) is 6.10. The minimum absolute atomic E-state index is 0.721. The highest BCUT2D eigenvalue weighted by Crippen LogP contribution is 2.07. The molecule has 0 aliphatic carbocycles. The minimum atomic E-state index is 0.721. The molecule has 0 bridgehead atoms. The van der Waals surface area contributed by atoms with Crippen molar-refractivity contribution >= 4 is 15.9 Å². The van der Waals surface area contributed by atoms with Gasteiger partial charge in [0, 0.05) is 17.2 Å². The number of nitrogens with one attached hydrogen (secondary N) is 1. The lowest BCUT2D eigenvalue weighted by atomic mass is 10.1. The number of rotatable bonds is 3. The molecule has 1 atom stereocenters. The van der Waals surface area contributed by atoms with E-state index in [1.54, 1.807) is 0 Å². The average Bonchev–Trinajstić information content (AvgIpc) is 2.40. The Balaban J connectivity index is 2.40. The molecule has 0 fully saturated rings. The number of halogens is 1. The highest BCUT2D eigenvalue weighted by Gasteiger charge is 2.00. The molecule has 1 heterocycles. The largest absolute Gasteiger partial charge is 0.365 e. The molecule has 0 saturated heterocycles. The van der Waals surface area contributed by atoms with Crippen LogP contribution in [0.15, 0.2) is 18.3 Å². The van der Waals surface area contributed by atoms with E-state index >= 15 is 0 Å². The lowest BCUT2D eigenvalue weighted by Gasteiger charge is -2.03. The fraction of sp³-hybridized carbons (Fsp3) is 0.500. The Kier molecular flexibility index (Phi) is 3.00. The molecule has 0 saturated carbocycles. The number of alkyl halides is 1. The van der Waals surface area contributed by atoms with Crippen molar-refractivity contribution in [3.8, 4) is 0 Å². The Labute approximate surface area is 70.0 Å². The molecule has 10 heavy (non-hydrogen) atoms. The smallest absolute Gasteiger partial charge is 0.0150 e. The number of aromatic nitrogens is 1. The van der Waals surface area contributed by atoms with Crippen LogP contribution in [0.1, 0.15) is 12.6 Å². The quantitative estimate of drug-likeness (QED) is 0.725. The second-order valence-corrected chi connectivity index (χ2v) is 3.31. The lowest BCUT2D eigenvalue weighted by Crippen LogP contribution is -2.00. The van der Waals surface area contributed by atoms with Crippen LogP contribution in [0.3, 0.4) is 0 Å². The van der Waals surface area contributed by atoms with Gasteiger partial charge in [-0.3, -0.25) is 0 Å². The van der Waals surface area contributed by atoms with Crippen molar-refractivity contribution in [1.29, 1.82) is 0 Å². The van der Waals surface area contributed by atoms with Gasteiger partial charge in [0.15, 0.2) is 0 Å². The number of aromatic amines is 1. The van der Waals surface area contributed by atoms with Crippen LogP contribution in [0, 0.1) is 5.92 Å². The van der Waals surface area contributed by atoms with E-state index in [9.17, 15) is 0 Å². The van der Waals surface area contributed by atoms with Gasteiger partial charge in [-0.2, -0.15) is 0 Å². The minimum Gasteiger partial charge on any atom is -0.365 e. The fourth-order valence-electron chi connectivity index (χ4n) is 0.924. The van der Waals surface area contributed by atoms with Gasteiger partial charge in [0.2, 0.25) is 0 Å². The van der Waals surface area contributed by atoms with Crippen molar-refractivity contribution in [1.82, 2.24) is 4.98 Å². The molecule has 0 aromatic carbocycles. The van der Waals surface area contributed by atoms with Gasteiger partial charge < -0.3 is 4.98 Å². The first-order valence-corrected chi connectivity index (χ1v) is 4.63. The van der Waals surface area contributed by atoms with Crippen molar-refractivity contribution < 1.29 is 0 Å². The number of hydrogen-bond acceptors (Lipinski definition) is 0. The second-order valence-electron chi connectivity index (χ2n) is 2.66. The van der Waals surface area contributed by atoms with Gasteiger partial charge in [0.05, 0.1) is 0 Å². The van der Waals surface area contributed by atoms with Crippen LogP contribution in [0.5, 0.6) is 0 Å². The molecule has 56 valence electrons. The van der Waals surface area contributed by atoms with Crippen LogP contribution >= 0.6 is 15.9 Å². The maximum absolute atomic E-state index is 3.45. The molecule has 0 amide bonds. The normalized spacial score (nSPS) is 13.4. The third-order valence-corrected chi connectivity index (χ3v) is 2.60. The highest BCUT2D eigenvalue weighted by molar-refractivity contribution is 9.09. The third kappa shape index (κ3) is 2.18. The van der Waals surface area contributed by atoms with E-state index in [1.165, 1.54) is 5.69 Å². The molecule has 1 N–H and O–H groups in total. The van der Waals surface area contributed by atoms with Gasteiger partial charge in [0.25, 0.3) is 0 Å². The van der Waals surface area contributed by atoms with Gasteiger partial charge in [-0.25, -0.2) is 0 Å². The van der Waals surface area contributed by atoms with Gasteiger partial charge in [-0.15, -0.1) is 0 Å². The summed E-state index contributed by atoms with van der Waals surface area (Å²) in [6, 6.07) is 4.16. The van der Waals surface area contributed by atoms with E-state index in [4.69, 9.17) is 0 Å². The van der Waals surface area contributed by atoms with E-state index in [2.05, 4.69) is 33.9 Å². The molecular weight excluding hydrogens is 190 g/mol. The average molecular weight is 202 g/mol. The monoisotopic (exact) mass is 201 g/mol. The summed E-state index contributed by atoms with van der Waals surface area (Å²) >= 11 is 3.45. The molecule has 0 aliphatic heterocycles. The standard InChI is InChI=1S/C8H12BrN/c1-7(6-9)5-8-3-2-4-10-8/h2-4,7,10H,5-6H2,1H3. The van der Waals surface area contributed by atoms with Crippen molar-refractivity contribution in [2.24, 2.45) is 5.92 Å². The molecule has 0 spiro atoms. The van der Waals surface area contributed by atoms with Gasteiger partial charge in [0.1, 0.15) is 0 Å². The Bertz CT molecular complexity index is 169. The maximum atomic E-state index is 3.45. The van der Waals surface area contributed by atoms with Crippen LogP contribution in [-0.4, -0.2) is 10.3 Å². The molecule has 0 aliphatic rings. The molecule has 1 aromatic heterocycles. The first kappa shape index (κ1) is 7.86. The summed E-state index contributed by atoms with van der Waals surface area (Å²) in [5.41, 5.74) is 1.33. The summed E-state index contributed by atoms with van der Waals surface area (Å²) in [4.78, 5) is 3.18. The van der Waals surface area contributed by atoms with Crippen molar-refractivity contribution in [2.45, 2.75) is 13.3 Å². The van der Waals surface area contributed by atoms with Gasteiger partial charge in [-0.05, 0) is 24.5 Å². The zero-order chi connectivity index (χ0) is 7.40. The van der Waals surface area contributed by atoms with Crippen LogP contribution in [-0.2, 0) is 6.42 Å². The molecule has 2 heteroatoms. The van der Waals surface area contributed by atoms with Gasteiger partial charge in [-0.1, -0.05) is 22.9 Å². The summed E-state index contributed by atoms with van der Waals surface area (Å²) in [6.45, 7) is 2.23. The van der Waals surface area contributed by atoms with Gasteiger partial charge >= 0.3 is 0 Å². The Morgan fingerprint density at radius 1 is 1.70 bits per heavy atom. The van der Waals surface area contributed by atoms with Crippen molar-refractivity contribution in [3.05, 3.63) is 24.0 Å². The molecular formula is C8H12BrN. The molecule has 0 radical (unpaired) electrons. The molecule has 1 rings (SSSR count). The number of hydrogen-bond donors (Lipinski definition) is 1. The number of H-pyrrole nitrogens is 1. The van der Waals surface area contributed by atoms with E-state index in [0.717, 1.165) is 17.7 Å². The molecule has 1 nitrogen and oxygen atoms in total. The van der Waals surface area contributed by atoms with E-state index in [-0.39, 0.29) is 0 Å². The van der Waals surface area contributed by atoms with Crippen LogP contribution in [0.4, 0.5) is 0 Å². The van der Waals surface area contributed by atoms with Crippen LogP contribution < -0.4 is 0 Å². The van der Waals surface area contributed by atoms with E-state index < -0.39 is 0 Å². The zero-order valence-corrected chi connectivity index (χ0v) is 7.69. The lowest BCUT2D eigenvalue weighted by molar-refractivity contribution is 0.653. The summed E-state index contributed by atoms with van der Waals surface area (Å²) in [7, 11) is 0. The van der Waals surface area contributed by atoms with Crippen molar-refractivity contribution in [2.75, 3.05) is 5.33 Å². The first-order chi connectivity index (χ1) is 4.83. The third-order valence-electron chi connectivity index (χ3n) is 1.49. The van der Waals surface area contributed by atoms with Crippen LogP contribution in [0.2, 0.25) is 0 Å².